The molecule has 0 radical (unpaired) electrons. The molecule has 1 aromatic carbocycles. The van der Waals surface area contributed by atoms with Gasteiger partial charge in [-0.25, -0.2) is 4.98 Å². The van der Waals surface area contributed by atoms with Crippen LogP contribution in [0.5, 0.6) is 0 Å². The van der Waals surface area contributed by atoms with Gasteiger partial charge in [-0.15, -0.1) is 22.7 Å². The molecule has 3 aromatic rings. The summed E-state index contributed by atoms with van der Waals surface area (Å²) in [5.74, 6) is 0. The van der Waals surface area contributed by atoms with Crippen LogP contribution in [-0.4, -0.2) is 4.98 Å². The molecule has 86 valence electrons. The summed E-state index contributed by atoms with van der Waals surface area (Å²) in [6.45, 7) is 4.19. The van der Waals surface area contributed by atoms with Crippen LogP contribution in [0.1, 0.15) is 11.1 Å². The number of nitrogens with zero attached hydrogens (tertiary/aromatic N) is 1. The Labute approximate surface area is 108 Å². The molecular weight excluding hydrogens is 248 g/mol. The van der Waals surface area contributed by atoms with Gasteiger partial charge in [-0.05, 0) is 43.2 Å². The zero-order chi connectivity index (χ0) is 12.0. The van der Waals surface area contributed by atoms with E-state index in [1.54, 1.807) is 22.7 Å². The third-order valence-electron chi connectivity index (χ3n) is 2.68. The van der Waals surface area contributed by atoms with Crippen LogP contribution in [-0.2, 0) is 0 Å². The number of hydrogen-bond donors (Lipinski definition) is 1. The molecule has 0 aliphatic rings. The lowest BCUT2D eigenvalue weighted by Gasteiger charge is -1.90. The first kappa shape index (κ1) is 10.7. The molecule has 17 heavy (non-hydrogen) atoms. The van der Waals surface area contributed by atoms with E-state index >= 15 is 0 Å². The molecule has 0 amide bonds. The summed E-state index contributed by atoms with van der Waals surface area (Å²) in [6.07, 6.45) is 0. The molecule has 0 aliphatic heterocycles. The second-order valence-corrected chi connectivity index (χ2v) is 6.27. The molecular formula is C13H12N2S2. The largest absolute Gasteiger partial charge is 0.391 e. The number of aryl methyl sites for hydroxylation is 2. The van der Waals surface area contributed by atoms with Crippen molar-refractivity contribution in [1.29, 1.82) is 0 Å². The van der Waals surface area contributed by atoms with Gasteiger partial charge in [0.1, 0.15) is 5.01 Å². The summed E-state index contributed by atoms with van der Waals surface area (Å²) in [7, 11) is 0. The highest BCUT2D eigenvalue weighted by Gasteiger charge is 2.11. The molecule has 0 atom stereocenters. The second-order valence-electron chi connectivity index (χ2n) is 4.15. The topological polar surface area (TPSA) is 38.9 Å². The fourth-order valence-corrected chi connectivity index (χ4v) is 3.99. The first-order valence-corrected chi connectivity index (χ1v) is 7.00. The number of fused-ring (bicyclic) bond motifs is 1. The first-order valence-electron chi connectivity index (χ1n) is 5.37. The monoisotopic (exact) mass is 260 g/mol. The van der Waals surface area contributed by atoms with Crippen molar-refractivity contribution in [3.05, 3.63) is 35.4 Å². The van der Waals surface area contributed by atoms with Crippen molar-refractivity contribution in [2.24, 2.45) is 0 Å². The summed E-state index contributed by atoms with van der Waals surface area (Å²) in [5.41, 5.74) is 9.39. The molecule has 0 saturated heterocycles. The highest BCUT2D eigenvalue weighted by atomic mass is 32.1. The molecule has 4 heteroatoms. The predicted octanol–water partition coefficient (Wildman–Crippen LogP) is 4.22. The van der Waals surface area contributed by atoms with E-state index in [-0.39, 0.29) is 0 Å². The standard InChI is InChI=1S/C13H12N2S2/c1-7-3-4-9-10(5-7)16-13(15-9)12-8(2)6-11(14)17-12/h3-6H,14H2,1-2H3. The summed E-state index contributed by atoms with van der Waals surface area (Å²) in [4.78, 5) is 5.87. The smallest absolute Gasteiger partial charge is 0.134 e. The van der Waals surface area contributed by atoms with E-state index in [9.17, 15) is 0 Å². The van der Waals surface area contributed by atoms with Crippen LogP contribution in [0.4, 0.5) is 5.00 Å². The molecule has 0 bridgehead atoms. The fraction of sp³-hybridized carbons (Fsp3) is 0.154. The molecule has 0 fully saturated rings. The van der Waals surface area contributed by atoms with Crippen LogP contribution in [0.2, 0.25) is 0 Å². The molecule has 0 unspecified atom stereocenters. The Bertz CT molecular complexity index is 695. The second kappa shape index (κ2) is 3.82. The number of anilines is 1. The number of thiazole rings is 1. The summed E-state index contributed by atoms with van der Waals surface area (Å²) in [5, 5.41) is 1.93. The Morgan fingerprint density at radius 1 is 1.12 bits per heavy atom. The van der Waals surface area contributed by atoms with Crippen molar-refractivity contribution < 1.29 is 0 Å². The Kier molecular flexibility index (Phi) is 2.42. The number of rotatable bonds is 1. The van der Waals surface area contributed by atoms with E-state index in [1.165, 1.54) is 20.7 Å². The quantitative estimate of drug-likeness (QED) is 0.711. The fourth-order valence-electron chi connectivity index (χ4n) is 1.85. The Hall–Kier alpha value is -1.39. The van der Waals surface area contributed by atoms with Gasteiger partial charge in [0, 0.05) is 0 Å². The summed E-state index contributed by atoms with van der Waals surface area (Å²) < 4.78 is 1.24. The summed E-state index contributed by atoms with van der Waals surface area (Å²) >= 11 is 3.35. The maximum atomic E-state index is 5.83. The van der Waals surface area contributed by atoms with Crippen molar-refractivity contribution >= 4 is 37.9 Å². The van der Waals surface area contributed by atoms with Crippen LogP contribution in [0.3, 0.4) is 0 Å². The number of aromatic nitrogens is 1. The van der Waals surface area contributed by atoms with Crippen LogP contribution in [0.25, 0.3) is 20.1 Å². The Morgan fingerprint density at radius 3 is 2.65 bits per heavy atom. The van der Waals surface area contributed by atoms with Gasteiger partial charge in [0.25, 0.3) is 0 Å². The number of hydrogen-bond acceptors (Lipinski definition) is 4. The first-order chi connectivity index (χ1) is 8.13. The van der Waals surface area contributed by atoms with Crippen LogP contribution < -0.4 is 5.73 Å². The van der Waals surface area contributed by atoms with Gasteiger partial charge in [-0.2, -0.15) is 0 Å². The minimum Gasteiger partial charge on any atom is -0.391 e. The maximum Gasteiger partial charge on any atom is 0.134 e. The van der Waals surface area contributed by atoms with Gasteiger partial charge in [0.15, 0.2) is 0 Å². The summed E-state index contributed by atoms with van der Waals surface area (Å²) in [6, 6.07) is 8.37. The van der Waals surface area contributed by atoms with Crippen molar-refractivity contribution in [2.45, 2.75) is 13.8 Å². The third-order valence-corrected chi connectivity index (χ3v) is 4.91. The van der Waals surface area contributed by atoms with E-state index in [0.29, 0.717) is 0 Å². The number of nitrogens with two attached hydrogens (primary N) is 1. The van der Waals surface area contributed by atoms with E-state index in [1.807, 2.05) is 6.07 Å². The van der Waals surface area contributed by atoms with Crippen LogP contribution >= 0.6 is 22.7 Å². The highest BCUT2D eigenvalue weighted by Crippen LogP contribution is 2.38. The average molecular weight is 260 g/mol. The third kappa shape index (κ3) is 1.83. The van der Waals surface area contributed by atoms with Crippen molar-refractivity contribution in [2.75, 3.05) is 5.73 Å². The van der Waals surface area contributed by atoms with E-state index in [2.05, 4.69) is 37.0 Å². The highest BCUT2D eigenvalue weighted by molar-refractivity contribution is 7.26. The SMILES string of the molecule is Cc1ccc2nc(-c3sc(N)cc3C)sc2c1. The van der Waals surface area contributed by atoms with E-state index in [4.69, 9.17) is 5.73 Å². The lowest BCUT2D eigenvalue weighted by Crippen LogP contribution is -1.73. The van der Waals surface area contributed by atoms with Crippen molar-refractivity contribution in [3.8, 4) is 9.88 Å². The normalized spacial score (nSPS) is 11.2. The molecule has 0 aliphatic carbocycles. The number of thiophene rings is 1. The van der Waals surface area contributed by atoms with Gasteiger partial charge >= 0.3 is 0 Å². The van der Waals surface area contributed by atoms with Gasteiger partial charge in [0.2, 0.25) is 0 Å². The minimum atomic E-state index is 0.855. The number of nitrogen functional groups attached to an aromatic ring is 1. The van der Waals surface area contributed by atoms with Crippen LogP contribution in [0.15, 0.2) is 24.3 Å². The lowest BCUT2D eigenvalue weighted by molar-refractivity contribution is 1.45. The number of benzene rings is 1. The molecule has 2 nitrogen and oxygen atoms in total. The minimum absolute atomic E-state index is 0.855. The molecule has 2 heterocycles. The van der Waals surface area contributed by atoms with Crippen LogP contribution in [0, 0.1) is 13.8 Å². The van der Waals surface area contributed by atoms with Gasteiger partial charge in [-0.1, -0.05) is 6.07 Å². The van der Waals surface area contributed by atoms with Gasteiger partial charge in [0.05, 0.1) is 20.1 Å². The zero-order valence-corrected chi connectivity index (χ0v) is 11.3. The predicted molar refractivity (Wildman–Crippen MR) is 76.8 cm³/mol. The Balaban J connectivity index is 2.21. The molecule has 3 rings (SSSR count). The Morgan fingerprint density at radius 2 is 1.94 bits per heavy atom. The molecule has 2 N–H and O–H groups in total. The zero-order valence-electron chi connectivity index (χ0n) is 9.65. The molecule has 0 saturated carbocycles. The van der Waals surface area contributed by atoms with Crippen molar-refractivity contribution in [1.82, 2.24) is 4.98 Å². The molecule has 2 aromatic heterocycles. The van der Waals surface area contributed by atoms with E-state index < -0.39 is 0 Å². The molecule has 0 spiro atoms. The van der Waals surface area contributed by atoms with Crippen molar-refractivity contribution in [3.63, 3.8) is 0 Å². The average Bonchev–Trinajstić information content (AvgIpc) is 2.80. The van der Waals surface area contributed by atoms with Gasteiger partial charge in [-0.3, -0.25) is 0 Å². The maximum absolute atomic E-state index is 5.83. The lowest BCUT2D eigenvalue weighted by atomic mass is 10.2. The van der Waals surface area contributed by atoms with E-state index in [0.717, 1.165) is 15.5 Å². The van der Waals surface area contributed by atoms with Gasteiger partial charge < -0.3 is 5.73 Å².